The van der Waals surface area contributed by atoms with E-state index in [-0.39, 0.29) is 5.54 Å². The average molecular weight is 212 g/mol. The number of nitrogens with zero attached hydrogens (tertiary/aromatic N) is 1. The van der Waals surface area contributed by atoms with E-state index in [0.29, 0.717) is 12.0 Å². The second-order valence-electron chi connectivity index (χ2n) is 5.55. The fourth-order valence-electron chi connectivity index (χ4n) is 3.19. The Kier molecular flexibility index (Phi) is 3.33. The number of rotatable bonds is 2. The van der Waals surface area contributed by atoms with Crippen molar-refractivity contribution in [2.75, 3.05) is 26.3 Å². The molecular formula is C12H24N2O. The predicted molar refractivity (Wildman–Crippen MR) is 61.8 cm³/mol. The highest BCUT2D eigenvalue weighted by molar-refractivity contribution is 4.94. The minimum absolute atomic E-state index is 0.195. The van der Waals surface area contributed by atoms with Crippen LogP contribution in [-0.4, -0.2) is 42.8 Å². The molecule has 0 amide bonds. The zero-order valence-corrected chi connectivity index (χ0v) is 10.0. The first-order valence-corrected chi connectivity index (χ1v) is 6.20. The first kappa shape index (κ1) is 11.4. The molecule has 2 fully saturated rings. The van der Waals surface area contributed by atoms with Gasteiger partial charge < -0.3 is 10.5 Å². The molecule has 1 saturated carbocycles. The van der Waals surface area contributed by atoms with Crippen LogP contribution in [0.1, 0.15) is 33.1 Å². The third kappa shape index (κ3) is 2.19. The van der Waals surface area contributed by atoms with Gasteiger partial charge in [-0.3, -0.25) is 4.90 Å². The lowest BCUT2D eigenvalue weighted by molar-refractivity contribution is -0.0780. The summed E-state index contributed by atoms with van der Waals surface area (Å²) < 4.78 is 5.57. The molecule has 2 aliphatic rings. The maximum Gasteiger partial charge on any atom is 0.0645 e. The lowest BCUT2D eigenvalue weighted by Gasteiger charge is -2.47. The molecule has 2 rings (SSSR count). The fraction of sp³-hybridized carbons (Fsp3) is 1.00. The molecule has 0 bridgehead atoms. The van der Waals surface area contributed by atoms with Crippen LogP contribution in [0.25, 0.3) is 0 Å². The van der Waals surface area contributed by atoms with Crippen LogP contribution in [-0.2, 0) is 4.74 Å². The lowest BCUT2D eigenvalue weighted by Crippen LogP contribution is -2.58. The summed E-state index contributed by atoms with van der Waals surface area (Å²) in [5, 5.41) is 0. The van der Waals surface area contributed by atoms with E-state index in [4.69, 9.17) is 10.5 Å². The maximum absolute atomic E-state index is 5.86. The van der Waals surface area contributed by atoms with Gasteiger partial charge in [0.2, 0.25) is 0 Å². The maximum atomic E-state index is 5.86. The van der Waals surface area contributed by atoms with Crippen LogP contribution in [0.5, 0.6) is 0 Å². The van der Waals surface area contributed by atoms with Crippen LogP contribution < -0.4 is 5.73 Å². The normalized spacial score (nSPS) is 37.0. The van der Waals surface area contributed by atoms with Crippen LogP contribution in [0.15, 0.2) is 0 Å². The zero-order chi connectivity index (χ0) is 10.9. The Labute approximate surface area is 93.0 Å². The van der Waals surface area contributed by atoms with Crippen molar-refractivity contribution in [3.8, 4) is 0 Å². The standard InChI is InChI=1S/C12H24N2O/c1-12(2)9-15-7-6-14(12)11-5-3-4-10(11)8-13/h10-11H,3-9,13H2,1-2H3. The summed E-state index contributed by atoms with van der Waals surface area (Å²) in [6, 6.07) is 0.703. The Morgan fingerprint density at radius 1 is 1.40 bits per heavy atom. The summed E-state index contributed by atoms with van der Waals surface area (Å²) in [4.78, 5) is 2.64. The van der Waals surface area contributed by atoms with Gasteiger partial charge in [-0.05, 0) is 39.2 Å². The summed E-state index contributed by atoms with van der Waals surface area (Å²) in [5.74, 6) is 0.711. The molecule has 2 N–H and O–H groups in total. The molecule has 2 atom stereocenters. The highest BCUT2D eigenvalue weighted by Crippen LogP contribution is 2.34. The van der Waals surface area contributed by atoms with Gasteiger partial charge in [0.05, 0.1) is 13.2 Å². The smallest absolute Gasteiger partial charge is 0.0645 e. The van der Waals surface area contributed by atoms with Crippen LogP contribution in [0.3, 0.4) is 0 Å². The van der Waals surface area contributed by atoms with Gasteiger partial charge in [-0.1, -0.05) is 6.42 Å². The highest BCUT2D eigenvalue weighted by Gasteiger charge is 2.40. The number of nitrogens with two attached hydrogens (primary N) is 1. The molecule has 0 aromatic carbocycles. The Balaban J connectivity index is 2.07. The fourth-order valence-corrected chi connectivity index (χ4v) is 3.19. The van der Waals surface area contributed by atoms with Crippen molar-refractivity contribution >= 4 is 0 Å². The predicted octanol–water partition coefficient (Wildman–Crippen LogP) is 1.22. The second kappa shape index (κ2) is 4.40. The van der Waals surface area contributed by atoms with E-state index in [1.54, 1.807) is 0 Å². The Hall–Kier alpha value is -0.120. The van der Waals surface area contributed by atoms with Crippen molar-refractivity contribution in [3.05, 3.63) is 0 Å². The number of hydrogen-bond donors (Lipinski definition) is 1. The van der Waals surface area contributed by atoms with Gasteiger partial charge in [0.1, 0.15) is 0 Å². The molecule has 88 valence electrons. The van der Waals surface area contributed by atoms with E-state index in [2.05, 4.69) is 18.7 Å². The van der Waals surface area contributed by atoms with Gasteiger partial charge in [0, 0.05) is 18.1 Å². The van der Waals surface area contributed by atoms with Gasteiger partial charge in [0.15, 0.2) is 0 Å². The summed E-state index contributed by atoms with van der Waals surface area (Å²) in [6.07, 6.45) is 3.99. The van der Waals surface area contributed by atoms with Gasteiger partial charge in [0.25, 0.3) is 0 Å². The van der Waals surface area contributed by atoms with E-state index < -0.39 is 0 Å². The third-order valence-corrected chi connectivity index (χ3v) is 4.03. The van der Waals surface area contributed by atoms with Crippen molar-refractivity contribution in [2.24, 2.45) is 11.7 Å². The first-order chi connectivity index (χ1) is 7.15. The Morgan fingerprint density at radius 3 is 2.87 bits per heavy atom. The zero-order valence-electron chi connectivity index (χ0n) is 10.0. The quantitative estimate of drug-likeness (QED) is 0.748. The second-order valence-corrected chi connectivity index (χ2v) is 5.55. The molecular weight excluding hydrogens is 188 g/mol. The first-order valence-electron chi connectivity index (χ1n) is 6.20. The molecule has 0 spiro atoms. The van der Waals surface area contributed by atoms with E-state index in [9.17, 15) is 0 Å². The molecule has 1 aliphatic carbocycles. The molecule has 1 heterocycles. The molecule has 0 aromatic heterocycles. The van der Waals surface area contributed by atoms with Crippen LogP contribution >= 0.6 is 0 Å². The topological polar surface area (TPSA) is 38.5 Å². The molecule has 0 aromatic rings. The molecule has 3 nitrogen and oxygen atoms in total. The van der Waals surface area contributed by atoms with Gasteiger partial charge >= 0.3 is 0 Å². The number of ether oxygens (including phenoxy) is 1. The van der Waals surface area contributed by atoms with E-state index >= 15 is 0 Å². The summed E-state index contributed by atoms with van der Waals surface area (Å²) in [5.41, 5.74) is 6.06. The summed E-state index contributed by atoms with van der Waals surface area (Å²) >= 11 is 0. The summed E-state index contributed by atoms with van der Waals surface area (Å²) in [7, 11) is 0. The van der Waals surface area contributed by atoms with Crippen molar-refractivity contribution in [2.45, 2.75) is 44.7 Å². The van der Waals surface area contributed by atoms with Crippen LogP contribution in [0.2, 0.25) is 0 Å². The Morgan fingerprint density at radius 2 is 2.20 bits per heavy atom. The average Bonchev–Trinajstić information content (AvgIpc) is 2.64. The molecule has 3 heteroatoms. The highest BCUT2D eigenvalue weighted by atomic mass is 16.5. The number of hydrogen-bond acceptors (Lipinski definition) is 3. The minimum Gasteiger partial charge on any atom is -0.378 e. The minimum atomic E-state index is 0.195. The van der Waals surface area contributed by atoms with Crippen LogP contribution in [0.4, 0.5) is 0 Å². The SMILES string of the molecule is CC1(C)COCCN1C1CCCC1CN. The van der Waals surface area contributed by atoms with Crippen molar-refractivity contribution < 1.29 is 4.74 Å². The number of morpholine rings is 1. The van der Waals surface area contributed by atoms with Crippen molar-refractivity contribution in [1.82, 2.24) is 4.90 Å². The molecule has 0 radical (unpaired) electrons. The van der Waals surface area contributed by atoms with E-state index in [1.807, 2.05) is 0 Å². The molecule has 15 heavy (non-hydrogen) atoms. The van der Waals surface area contributed by atoms with Gasteiger partial charge in [-0.15, -0.1) is 0 Å². The molecule has 2 unspecified atom stereocenters. The largest absolute Gasteiger partial charge is 0.378 e. The third-order valence-electron chi connectivity index (χ3n) is 4.03. The van der Waals surface area contributed by atoms with E-state index in [1.165, 1.54) is 19.3 Å². The van der Waals surface area contributed by atoms with Crippen molar-refractivity contribution in [1.29, 1.82) is 0 Å². The van der Waals surface area contributed by atoms with E-state index in [0.717, 1.165) is 26.3 Å². The Bertz CT molecular complexity index is 218. The van der Waals surface area contributed by atoms with Gasteiger partial charge in [-0.2, -0.15) is 0 Å². The molecule has 1 aliphatic heterocycles. The monoisotopic (exact) mass is 212 g/mol. The molecule has 1 saturated heterocycles. The summed E-state index contributed by atoms with van der Waals surface area (Å²) in [6.45, 7) is 8.25. The van der Waals surface area contributed by atoms with Crippen molar-refractivity contribution in [3.63, 3.8) is 0 Å². The van der Waals surface area contributed by atoms with Gasteiger partial charge in [-0.25, -0.2) is 0 Å². The van der Waals surface area contributed by atoms with Crippen LogP contribution in [0, 0.1) is 5.92 Å². The lowest BCUT2D eigenvalue weighted by atomic mass is 9.94.